The van der Waals surface area contributed by atoms with Gasteiger partial charge in [0.1, 0.15) is 17.3 Å². The van der Waals surface area contributed by atoms with Crippen molar-refractivity contribution < 1.29 is 34.0 Å². The van der Waals surface area contributed by atoms with Crippen molar-refractivity contribution in [2.45, 2.75) is 80.7 Å². The molecule has 286 valence electrons. The summed E-state index contributed by atoms with van der Waals surface area (Å²) >= 11 is 0. The molecule has 6 heterocycles. The van der Waals surface area contributed by atoms with E-state index in [4.69, 9.17) is 14.2 Å². The van der Waals surface area contributed by atoms with Crippen molar-refractivity contribution in [3.63, 3.8) is 0 Å². The van der Waals surface area contributed by atoms with Crippen LogP contribution in [0.3, 0.4) is 0 Å². The van der Waals surface area contributed by atoms with Crippen LogP contribution in [-0.2, 0) is 36.4 Å². The smallest absolute Gasteiger partial charge is 0.342 e. The number of nitrogens with one attached hydrogen (secondary N) is 1. The molecule has 11 nitrogen and oxygen atoms in total. The first kappa shape index (κ1) is 35.5. The molecule has 0 amide bonds. The molecule has 2 fully saturated rings. The van der Waals surface area contributed by atoms with E-state index in [2.05, 4.69) is 52.1 Å². The van der Waals surface area contributed by atoms with Crippen molar-refractivity contribution in [1.29, 1.82) is 0 Å². The van der Waals surface area contributed by atoms with Crippen LogP contribution in [0.2, 0.25) is 0 Å². The van der Waals surface area contributed by atoms with Crippen molar-refractivity contribution >= 4 is 28.5 Å². The van der Waals surface area contributed by atoms with Crippen molar-refractivity contribution in [1.82, 2.24) is 14.8 Å². The quantitative estimate of drug-likeness (QED) is 0.251. The molecule has 3 N–H and O–H groups in total. The number of nitrogens with zero attached hydrogens (tertiary/aromatic N) is 3. The molecular weight excluding hydrogens is 684 g/mol. The molecule has 11 heteroatoms. The van der Waals surface area contributed by atoms with E-state index >= 15 is 4.79 Å². The van der Waals surface area contributed by atoms with Gasteiger partial charge in [-0.15, -0.1) is 0 Å². The van der Waals surface area contributed by atoms with E-state index in [1.807, 2.05) is 43.1 Å². The number of aliphatic hydroxyl groups excluding tert-OH is 1. The number of likely N-dealkylation sites (N-methyl/N-ethyl adjacent to an activating group) is 1. The van der Waals surface area contributed by atoms with E-state index in [9.17, 15) is 15.0 Å². The highest BCUT2D eigenvalue weighted by molar-refractivity contribution is 5.95. The number of aromatic nitrogens is 1. The minimum absolute atomic E-state index is 0.0475. The number of methoxy groups -OCH3 is 3. The Morgan fingerprint density at radius 3 is 2.52 bits per heavy atom. The normalized spacial score (nSPS) is 36.3. The molecule has 0 radical (unpaired) electrons. The standard InChI is InChI=1S/C43H52N4O7/c1-7-25-18-26-21-42(38(49)53-5,34-28(24-46(22-25)23-26)27-12-9-10-13-31(27)44-34)30-19-29-32(20-33(30)52-4)45(3)36-41(29)15-17-47-16-11-14-40(8-2,35(41)47)37(48)43(36,51)39(50)54-6/h9-14,18-20,26,35-37,44,48,51H,7-8,15-17,21-24H2,1-6H3/t26-,35-,36-,37-,40?,41-,42?,43?/m1/s1. The number of esters is 2. The molecule has 9 rings (SSSR count). The first-order valence-electron chi connectivity index (χ1n) is 19.5. The summed E-state index contributed by atoms with van der Waals surface area (Å²) in [5.74, 6) is -0.669. The summed E-state index contributed by atoms with van der Waals surface area (Å²) in [4.78, 5) is 39.7. The number of carbonyl (C=O) groups is 2. The van der Waals surface area contributed by atoms with E-state index in [-0.39, 0.29) is 17.9 Å². The predicted molar refractivity (Wildman–Crippen MR) is 205 cm³/mol. The fourth-order valence-corrected chi connectivity index (χ4v) is 12.5. The van der Waals surface area contributed by atoms with Gasteiger partial charge in [-0.1, -0.05) is 55.8 Å². The highest BCUT2D eigenvalue weighted by Crippen LogP contribution is 2.67. The Morgan fingerprint density at radius 1 is 1.02 bits per heavy atom. The number of benzene rings is 2. The zero-order chi connectivity index (χ0) is 37.9. The molecule has 1 aromatic heterocycles. The van der Waals surface area contributed by atoms with Crippen LogP contribution in [0.15, 0.2) is 60.2 Å². The number of H-pyrrole nitrogens is 1. The van der Waals surface area contributed by atoms with E-state index in [1.54, 1.807) is 7.11 Å². The number of carbonyl (C=O) groups excluding carboxylic acids is 2. The van der Waals surface area contributed by atoms with Gasteiger partial charge in [0.15, 0.2) is 0 Å². The lowest BCUT2D eigenvalue weighted by Crippen LogP contribution is -2.80. The zero-order valence-electron chi connectivity index (χ0n) is 32.1. The Hall–Kier alpha value is -4.16. The summed E-state index contributed by atoms with van der Waals surface area (Å²) in [6, 6.07) is 11.3. The molecule has 3 aromatic rings. The second-order valence-corrected chi connectivity index (χ2v) is 16.6. The largest absolute Gasteiger partial charge is 0.496 e. The van der Waals surface area contributed by atoms with Crippen LogP contribution in [-0.4, -0.2) is 115 Å². The highest BCUT2D eigenvalue weighted by Gasteiger charge is 2.79. The summed E-state index contributed by atoms with van der Waals surface area (Å²) < 4.78 is 17.6. The molecule has 9 atom stereocenters. The molecule has 1 saturated carbocycles. The maximum atomic E-state index is 15.1. The molecule has 1 spiro atoms. The Kier molecular flexibility index (Phi) is 8.01. The predicted octanol–water partition coefficient (Wildman–Crippen LogP) is 4.18. The molecular formula is C43H52N4O7. The number of para-hydroxylation sites is 1. The van der Waals surface area contributed by atoms with Crippen LogP contribution in [0.1, 0.15) is 61.9 Å². The summed E-state index contributed by atoms with van der Waals surface area (Å²) in [5.41, 5.74) is 1.24. The number of fused-ring (bicyclic) bond motifs is 6. The summed E-state index contributed by atoms with van der Waals surface area (Å²) in [5, 5.41) is 26.3. The average molecular weight is 737 g/mol. The van der Waals surface area contributed by atoms with Gasteiger partial charge in [0.05, 0.1) is 27.4 Å². The molecule has 54 heavy (non-hydrogen) atoms. The molecule has 6 aliphatic rings. The number of anilines is 1. The van der Waals surface area contributed by atoms with E-state index in [0.29, 0.717) is 50.2 Å². The van der Waals surface area contributed by atoms with Crippen molar-refractivity contribution in [2.24, 2.45) is 11.3 Å². The van der Waals surface area contributed by atoms with Crippen molar-refractivity contribution in [2.75, 3.05) is 59.5 Å². The van der Waals surface area contributed by atoms with Crippen LogP contribution >= 0.6 is 0 Å². The Morgan fingerprint density at radius 2 is 1.80 bits per heavy atom. The Balaban J connectivity index is 1.37. The van der Waals surface area contributed by atoms with Gasteiger partial charge in [-0.05, 0) is 61.4 Å². The maximum Gasteiger partial charge on any atom is 0.342 e. The first-order valence-corrected chi connectivity index (χ1v) is 19.5. The fraction of sp³-hybridized carbons (Fsp3) is 0.535. The highest BCUT2D eigenvalue weighted by atomic mass is 16.5. The van der Waals surface area contributed by atoms with Gasteiger partial charge >= 0.3 is 11.9 Å². The monoisotopic (exact) mass is 736 g/mol. The number of aliphatic hydroxyl groups is 2. The molecule has 1 saturated heterocycles. The molecule has 2 bridgehead atoms. The third-order valence-electron chi connectivity index (χ3n) is 14.5. The molecule has 2 aromatic carbocycles. The molecule has 1 aliphatic carbocycles. The lowest BCUT2D eigenvalue weighted by molar-refractivity contribution is -0.218. The van der Waals surface area contributed by atoms with Crippen molar-refractivity contribution in [3.05, 3.63) is 82.6 Å². The number of ether oxygens (including phenoxy) is 3. The minimum Gasteiger partial charge on any atom is -0.496 e. The first-order chi connectivity index (χ1) is 26.0. The van der Waals surface area contributed by atoms with Gasteiger partial charge < -0.3 is 34.3 Å². The second kappa shape index (κ2) is 12.2. The number of aromatic amines is 1. The number of hydrogen-bond acceptors (Lipinski definition) is 10. The topological polar surface area (TPSA) is 128 Å². The van der Waals surface area contributed by atoms with Crippen LogP contribution in [0, 0.1) is 11.3 Å². The summed E-state index contributed by atoms with van der Waals surface area (Å²) in [6.45, 7) is 7.97. The number of rotatable bonds is 6. The van der Waals surface area contributed by atoms with Crippen LogP contribution < -0.4 is 9.64 Å². The van der Waals surface area contributed by atoms with Crippen LogP contribution in [0.25, 0.3) is 10.9 Å². The van der Waals surface area contributed by atoms with Crippen molar-refractivity contribution in [3.8, 4) is 5.75 Å². The van der Waals surface area contributed by atoms with Gasteiger partial charge in [0, 0.05) is 84.0 Å². The fourth-order valence-electron chi connectivity index (χ4n) is 12.5. The Bertz CT molecular complexity index is 2130. The maximum absolute atomic E-state index is 15.1. The lowest BCUT2D eigenvalue weighted by Gasteiger charge is -2.63. The minimum atomic E-state index is -2.27. The van der Waals surface area contributed by atoms with Gasteiger partial charge in [-0.2, -0.15) is 0 Å². The SMILES string of the molecule is CCC1=C[C@H]2CN(C1)Cc1c([nH]c3ccccc13)C(C(=O)OC)(c1cc3c(cc1OC)N(C)[C@H]1C(O)(C(=O)OC)[C@H](O)C4(CC)C=CCN5CC[C@]31[C@H]54)C2. The summed E-state index contributed by atoms with van der Waals surface area (Å²) in [6.07, 6.45) is 7.52. The number of hydrogen-bond donors (Lipinski definition) is 3. The lowest BCUT2D eigenvalue weighted by atomic mass is 9.47. The van der Waals surface area contributed by atoms with Gasteiger partial charge in [0.2, 0.25) is 5.60 Å². The molecule has 4 unspecified atom stereocenters. The average Bonchev–Trinajstić information content (AvgIpc) is 3.84. The van der Waals surface area contributed by atoms with Gasteiger partial charge in [0.25, 0.3) is 0 Å². The second-order valence-electron chi connectivity index (χ2n) is 16.6. The van der Waals surface area contributed by atoms with E-state index < -0.39 is 40.0 Å². The summed E-state index contributed by atoms with van der Waals surface area (Å²) in [7, 11) is 6.24. The van der Waals surface area contributed by atoms with Gasteiger partial charge in [-0.3, -0.25) is 14.6 Å². The van der Waals surface area contributed by atoms with E-state index in [0.717, 1.165) is 52.9 Å². The van der Waals surface area contributed by atoms with Gasteiger partial charge in [-0.25, -0.2) is 4.79 Å². The third kappa shape index (κ3) is 4.21. The molecule has 5 aliphatic heterocycles. The van der Waals surface area contributed by atoms with Crippen LogP contribution in [0.4, 0.5) is 5.69 Å². The third-order valence-corrected chi connectivity index (χ3v) is 14.5. The van der Waals surface area contributed by atoms with E-state index in [1.165, 1.54) is 19.8 Å². The Labute approximate surface area is 316 Å². The zero-order valence-corrected chi connectivity index (χ0v) is 32.1. The van der Waals surface area contributed by atoms with Crippen LogP contribution in [0.5, 0.6) is 5.75 Å².